The molecule has 4 nitrogen and oxygen atoms in total. The van der Waals surface area contributed by atoms with Crippen molar-refractivity contribution in [3.63, 3.8) is 0 Å². The number of hydrogen-bond acceptors (Lipinski definition) is 3. The van der Waals surface area contributed by atoms with Crippen LogP contribution in [0.4, 0.5) is 0 Å². The Labute approximate surface area is 83.9 Å². The van der Waals surface area contributed by atoms with Gasteiger partial charge in [0, 0.05) is 20.1 Å². The van der Waals surface area contributed by atoms with E-state index in [2.05, 4.69) is 5.32 Å². The van der Waals surface area contributed by atoms with Gasteiger partial charge in [-0.3, -0.25) is 4.79 Å². The molecular formula is C10H16N2O2. The van der Waals surface area contributed by atoms with E-state index < -0.39 is 0 Å². The summed E-state index contributed by atoms with van der Waals surface area (Å²) < 4.78 is 5.01. The zero-order valence-corrected chi connectivity index (χ0v) is 8.62. The average molecular weight is 196 g/mol. The van der Waals surface area contributed by atoms with E-state index in [0.29, 0.717) is 12.3 Å². The van der Waals surface area contributed by atoms with Gasteiger partial charge in [0.1, 0.15) is 0 Å². The third kappa shape index (κ3) is 2.88. The van der Waals surface area contributed by atoms with Crippen LogP contribution < -0.4 is 5.32 Å². The van der Waals surface area contributed by atoms with E-state index in [1.54, 1.807) is 24.1 Å². The molecule has 0 radical (unpaired) electrons. The Balaban J connectivity index is 2.37. The quantitative estimate of drug-likeness (QED) is 0.713. The summed E-state index contributed by atoms with van der Waals surface area (Å²) in [6.45, 7) is 4.45. The molecule has 1 heterocycles. The maximum atomic E-state index is 11.6. The van der Waals surface area contributed by atoms with Crippen molar-refractivity contribution in [2.24, 2.45) is 0 Å². The smallest absolute Gasteiger partial charge is 0.289 e. The fourth-order valence-corrected chi connectivity index (χ4v) is 1.11. The van der Waals surface area contributed by atoms with Gasteiger partial charge in [-0.1, -0.05) is 6.92 Å². The van der Waals surface area contributed by atoms with Crippen LogP contribution in [0, 0.1) is 0 Å². The SMILES string of the molecule is CCNCCN(C)C(=O)c1ccco1. The highest BCUT2D eigenvalue weighted by molar-refractivity contribution is 5.91. The summed E-state index contributed by atoms with van der Waals surface area (Å²) in [7, 11) is 1.77. The first kappa shape index (κ1) is 10.8. The molecule has 78 valence electrons. The van der Waals surface area contributed by atoms with Crippen molar-refractivity contribution in [2.45, 2.75) is 6.92 Å². The number of carbonyl (C=O) groups is 1. The van der Waals surface area contributed by atoms with Crippen molar-refractivity contribution in [2.75, 3.05) is 26.7 Å². The number of furan rings is 1. The second-order valence-corrected chi connectivity index (χ2v) is 3.06. The Hall–Kier alpha value is -1.29. The lowest BCUT2D eigenvalue weighted by Crippen LogP contribution is -2.33. The molecule has 0 aliphatic carbocycles. The van der Waals surface area contributed by atoms with E-state index in [1.807, 2.05) is 6.92 Å². The van der Waals surface area contributed by atoms with Crippen LogP contribution in [0.2, 0.25) is 0 Å². The normalized spacial score (nSPS) is 10.1. The highest BCUT2D eigenvalue weighted by atomic mass is 16.3. The van der Waals surface area contributed by atoms with Gasteiger partial charge in [0.25, 0.3) is 5.91 Å². The molecule has 0 atom stereocenters. The van der Waals surface area contributed by atoms with Crippen LogP contribution in [-0.4, -0.2) is 37.5 Å². The van der Waals surface area contributed by atoms with E-state index in [0.717, 1.165) is 13.1 Å². The summed E-state index contributed by atoms with van der Waals surface area (Å²) in [4.78, 5) is 13.2. The first-order chi connectivity index (χ1) is 6.75. The summed E-state index contributed by atoms with van der Waals surface area (Å²) in [5.74, 6) is 0.317. The molecule has 1 aromatic rings. The molecule has 1 aromatic heterocycles. The molecule has 14 heavy (non-hydrogen) atoms. The van der Waals surface area contributed by atoms with Crippen LogP contribution in [-0.2, 0) is 0 Å². The van der Waals surface area contributed by atoms with Gasteiger partial charge in [0.05, 0.1) is 6.26 Å². The van der Waals surface area contributed by atoms with Crippen molar-refractivity contribution in [3.05, 3.63) is 24.2 Å². The molecular weight excluding hydrogens is 180 g/mol. The standard InChI is InChI=1S/C10H16N2O2/c1-3-11-6-7-12(2)10(13)9-5-4-8-14-9/h4-5,8,11H,3,6-7H2,1-2H3. The number of likely N-dealkylation sites (N-methyl/N-ethyl adjacent to an activating group) is 2. The molecule has 0 unspecified atom stereocenters. The first-order valence-corrected chi connectivity index (χ1v) is 4.75. The predicted molar refractivity (Wildman–Crippen MR) is 54.2 cm³/mol. The Bertz CT molecular complexity index is 270. The van der Waals surface area contributed by atoms with E-state index in [9.17, 15) is 4.79 Å². The zero-order chi connectivity index (χ0) is 10.4. The Kier molecular flexibility index (Phi) is 4.19. The van der Waals surface area contributed by atoms with Gasteiger partial charge < -0.3 is 14.6 Å². The lowest BCUT2D eigenvalue weighted by Gasteiger charge is -2.15. The fourth-order valence-electron chi connectivity index (χ4n) is 1.11. The number of amides is 1. The monoisotopic (exact) mass is 196 g/mol. The van der Waals surface area contributed by atoms with E-state index in [-0.39, 0.29) is 5.91 Å². The highest BCUT2D eigenvalue weighted by Crippen LogP contribution is 2.03. The van der Waals surface area contributed by atoms with E-state index in [4.69, 9.17) is 4.42 Å². The molecule has 0 spiro atoms. The largest absolute Gasteiger partial charge is 0.459 e. The van der Waals surface area contributed by atoms with Crippen LogP contribution >= 0.6 is 0 Å². The average Bonchev–Trinajstić information content (AvgIpc) is 2.69. The number of carbonyl (C=O) groups excluding carboxylic acids is 1. The Morgan fingerprint density at radius 1 is 1.64 bits per heavy atom. The number of nitrogens with zero attached hydrogens (tertiary/aromatic N) is 1. The van der Waals surface area contributed by atoms with Crippen LogP contribution in [0.1, 0.15) is 17.5 Å². The van der Waals surface area contributed by atoms with Gasteiger partial charge in [-0.05, 0) is 18.7 Å². The first-order valence-electron chi connectivity index (χ1n) is 4.75. The minimum Gasteiger partial charge on any atom is -0.459 e. The lowest BCUT2D eigenvalue weighted by atomic mass is 10.4. The maximum Gasteiger partial charge on any atom is 0.289 e. The fraction of sp³-hybridized carbons (Fsp3) is 0.500. The maximum absolute atomic E-state index is 11.6. The molecule has 0 aromatic carbocycles. The number of hydrogen-bond donors (Lipinski definition) is 1. The molecule has 0 saturated carbocycles. The molecule has 1 amide bonds. The van der Waals surface area contributed by atoms with E-state index in [1.165, 1.54) is 6.26 Å². The number of rotatable bonds is 5. The summed E-state index contributed by atoms with van der Waals surface area (Å²) in [5.41, 5.74) is 0. The summed E-state index contributed by atoms with van der Waals surface area (Å²) >= 11 is 0. The minimum atomic E-state index is -0.0760. The molecule has 1 N–H and O–H groups in total. The van der Waals surface area contributed by atoms with Crippen LogP contribution in [0.5, 0.6) is 0 Å². The van der Waals surface area contributed by atoms with Gasteiger partial charge >= 0.3 is 0 Å². The molecule has 1 rings (SSSR count). The van der Waals surface area contributed by atoms with Gasteiger partial charge in [0.2, 0.25) is 0 Å². The van der Waals surface area contributed by atoms with Crippen molar-refractivity contribution >= 4 is 5.91 Å². The summed E-state index contributed by atoms with van der Waals surface area (Å²) in [5, 5.41) is 3.15. The topological polar surface area (TPSA) is 45.5 Å². The molecule has 0 aliphatic heterocycles. The second kappa shape index (κ2) is 5.44. The lowest BCUT2D eigenvalue weighted by molar-refractivity contribution is 0.0765. The summed E-state index contributed by atoms with van der Waals surface area (Å²) in [6, 6.07) is 3.39. The molecule has 4 heteroatoms. The van der Waals surface area contributed by atoms with Crippen LogP contribution in [0.3, 0.4) is 0 Å². The van der Waals surface area contributed by atoms with E-state index >= 15 is 0 Å². The second-order valence-electron chi connectivity index (χ2n) is 3.06. The third-order valence-corrected chi connectivity index (χ3v) is 1.95. The number of nitrogens with one attached hydrogen (secondary N) is 1. The Morgan fingerprint density at radius 3 is 3.00 bits per heavy atom. The van der Waals surface area contributed by atoms with Crippen molar-refractivity contribution in [1.29, 1.82) is 0 Å². The van der Waals surface area contributed by atoms with Gasteiger partial charge in [-0.25, -0.2) is 0 Å². The van der Waals surface area contributed by atoms with Crippen LogP contribution in [0.25, 0.3) is 0 Å². The van der Waals surface area contributed by atoms with Crippen molar-refractivity contribution in [3.8, 4) is 0 Å². The van der Waals surface area contributed by atoms with Gasteiger partial charge in [-0.2, -0.15) is 0 Å². The summed E-state index contributed by atoms with van der Waals surface area (Å²) in [6.07, 6.45) is 1.51. The minimum absolute atomic E-state index is 0.0760. The molecule has 0 saturated heterocycles. The Morgan fingerprint density at radius 2 is 2.43 bits per heavy atom. The van der Waals surface area contributed by atoms with Crippen molar-refractivity contribution in [1.82, 2.24) is 10.2 Å². The van der Waals surface area contributed by atoms with Gasteiger partial charge in [0.15, 0.2) is 5.76 Å². The zero-order valence-electron chi connectivity index (χ0n) is 8.62. The molecule has 0 aliphatic rings. The predicted octanol–water partition coefficient (Wildman–Crippen LogP) is 0.961. The molecule has 0 bridgehead atoms. The van der Waals surface area contributed by atoms with Gasteiger partial charge in [-0.15, -0.1) is 0 Å². The highest BCUT2D eigenvalue weighted by Gasteiger charge is 2.12. The van der Waals surface area contributed by atoms with Crippen LogP contribution in [0.15, 0.2) is 22.8 Å². The van der Waals surface area contributed by atoms with Crippen molar-refractivity contribution < 1.29 is 9.21 Å². The third-order valence-electron chi connectivity index (χ3n) is 1.95. The molecule has 0 fully saturated rings.